The van der Waals surface area contributed by atoms with Gasteiger partial charge in [0.05, 0.1) is 0 Å². The molecule has 1 saturated carbocycles. The molecule has 1 aromatic heterocycles. The first-order valence-electron chi connectivity index (χ1n) is 8.46. The van der Waals surface area contributed by atoms with Crippen LogP contribution in [-0.2, 0) is 0 Å². The van der Waals surface area contributed by atoms with Gasteiger partial charge in [-0.1, -0.05) is 11.6 Å². The molecule has 0 saturated heterocycles. The lowest BCUT2D eigenvalue weighted by atomic mass is 9.79. The number of aryl methyl sites for hydroxylation is 1. The monoisotopic (exact) mass is 347 g/mol. The van der Waals surface area contributed by atoms with E-state index in [0.717, 1.165) is 18.4 Å². The zero-order valence-electron chi connectivity index (χ0n) is 14.3. The molecule has 23 heavy (non-hydrogen) atoms. The number of fused-ring (bicyclic) bond motifs is 3. The first-order valence-corrected chi connectivity index (χ1v) is 9.34. The molecule has 0 N–H and O–H groups in total. The highest BCUT2D eigenvalue weighted by atomic mass is 35.5. The average Bonchev–Trinajstić information content (AvgIpc) is 3.03. The van der Waals surface area contributed by atoms with E-state index in [2.05, 4.69) is 49.5 Å². The number of hydrogen-bond donors (Lipinski definition) is 0. The summed E-state index contributed by atoms with van der Waals surface area (Å²) in [4.78, 5) is 2.34. The second kappa shape index (κ2) is 6.58. The molecule has 0 aliphatic heterocycles. The molecule has 2 atom stereocenters. The molecule has 124 valence electrons. The molecule has 1 heterocycles. The predicted octanol–water partition coefficient (Wildman–Crippen LogP) is 5.77. The lowest BCUT2D eigenvalue weighted by Gasteiger charge is -2.29. The standard InChI is InChI=1S/C20H25NS.ClH/c1-13-12-22-19-7-6-16(10-18(13)19)20-15-5-4-14(8-15)9-17(20)11-21(2)3;/h6-7,10,12,14-15H,4-5,8-9,11H2,1-3H3;1H/t14-,15+;/m0./s1. The van der Waals surface area contributed by atoms with E-state index in [4.69, 9.17) is 0 Å². The quantitative estimate of drug-likeness (QED) is 0.681. The van der Waals surface area contributed by atoms with Crippen molar-refractivity contribution in [2.75, 3.05) is 20.6 Å². The lowest BCUT2D eigenvalue weighted by Crippen LogP contribution is -2.21. The maximum absolute atomic E-state index is 2.46. The second-order valence-corrected chi connectivity index (χ2v) is 8.38. The van der Waals surface area contributed by atoms with Gasteiger partial charge in [0.1, 0.15) is 0 Å². The third-order valence-corrected chi connectivity index (χ3v) is 6.53. The SMILES string of the molecule is Cc1csc2ccc(C3=C(CN(C)C)C[C@H]4CC[C@@H]3C4)cc12.Cl. The van der Waals surface area contributed by atoms with Crippen LogP contribution in [-0.4, -0.2) is 25.5 Å². The molecule has 3 heteroatoms. The fourth-order valence-electron chi connectivity index (χ4n) is 4.56. The highest BCUT2D eigenvalue weighted by molar-refractivity contribution is 7.17. The number of halogens is 1. The molecule has 2 aliphatic rings. The Morgan fingerprint density at radius 1 is 1.22 bits per heavy atom. The van der Waals surface area contributed by atoms with Gasteiger partial charge in [0, 0.05) is 11.2 Å². The minimum Gasteiger partial charge on any atom is -0.305 e. The topological polar surface area (TPSA) is 3.24 Å². The Hall–Kier alpha value is -0.830. The van der Waals surface area contributed by atoms with Crippen LogP contribution in [0.15, 0.2) is 29.2 Å². The van der Waals surface area contributed by atoms with Crippen molar-refractivity contribution >= 4 is 39.4 Å². The zero-order chi connectivity index (χ0) is 15.3. The van der Waals surface area contributed by atoms with Gasteiger partial charge in [-0.15, -0.1) is 23.7 Å². The van der Waals surface area contributed by atoms with Gasteiger partial charge in [0.25, 0.3) is 0 Å². The van der Waals surface area contributed by atoms with Crippen molar-refractivity contribution in [1.29, 1.82) is 0 Å². The van der Waals surface area contributed by atoms with E-state index < -0.39 is 0 Å². The van der Waals surface area contributed by atoms with Gasteiger partial charge in [0.15, 0.2) is 0 Å². The molecule has 0 spiro atoms. The predicted molar refractivity (Wildman–Crippen MR) is 105 cm³/mol. The summed E-state index contributed by atoms with van der Waals surface area (Å²) in [7, 11) is 4.40. The van der Waals surface area contributed by atoms with Crippen molar-refractivity contribution in [3.63, 3.8) is 0 Å². The number of thiophene rings is 1. The van der Waals surface area contributed by atoms with E-state index in [9.17, 15) is 0 Å². The van der Waals surface area contributed by atoms with Crippen molar-refractivity contribution in [3.05, 3.63) is 40.3 Å². The largest absolute Gasteiger partial charge is 0.305 e. The number of allylic oxidation sites excluding steroid dienone is 1. The summed E-state index contributed by atoms with van der Waals surface area (Å²) in [5, 5.41) is 3.75. The Balaban J connectivity index is 0.00000156. The van der Waals surface area contributed by atoms with Crippen LogP contribution < -0.4 is 0 Å². The van der Waals surface area contributed by atoms with Crippen LogP contribution in [0.5, 0.6) is 0 Å². The summed E-state index contributed by atoms with van der Waals surface area (Å²) in [6.45, 7) is 3.37. The molecule has 0 radical (unpaired) electrons. The minimum atomic E-state index is 0. The van der Waals surface area contributed by atoms with Crippen LogP contribution in [0.4, 0.5) is 0 Å². The van der Waals surface area contributed by atoms with Crippen LogP contribution in [0.2, 0.25) is 0 Å². The highest BCUT2D eigenvalue weighted by Gasteiger charge is 2.35. The summed E-state index contributed by atoms with van der Waals surface area (Å²) < 4.78 is 1.43. The first kappa shape index (κ1) is 17.0. The van der Waals surface area contributed by atoms with E-state index >= 15 is 0 Å². The summed E-state index contributed by atoms with van der Waals surface area (Å²) in [5.41, 5.74) is 6.32. The average molecular weight is 348 g/mol. The number of benzene rings is 1. The second-order valence-electron chi connectivity index (χ2n) is 7.46. The molecule has 1 nitrogen and oxygen atoms in total. The van der Waals surface area contributed by atoms with E-state index in [1.54, 1.807) is 11.1 Å². The van der Waals surface area contributed by atoms with Crippen LogP contribution in [0.1, 0.15) is 36.8 Å². The molecular formula is C20H26ClNS. The number of nitrogens with zero attached hydrogens (tertiary/aromatic N) is 1. The van der Waals surface area contributed by atoms with Crippen LogP contribution >= 0.6 is 23.7 Å². The summed E-state index contributed by atoms with van der Waals surface area (Å²) in [5.74, 6) is 1.76. The summed E-state index contributed by atoms with van der Waals surface area (Å²) >= 11 is 1.87. The molecule has 1 aromatic carbocycles. The molecule has 1 fully saturated rings. The number of hydrogen-bond acceptors (Lipinski definition) is 2. The van der Waals surface area contributed by atoms with E-state index in [1.807, 2.05) is 11.3 Å². The van der Waals surface area contributed by atoms with Gasteiger partial charge < -0.3 is 4.90 Å². The molecule has 2 aliphatic carbocycles. The Kier molecular flexibility index (Phi) is 4.87. The highest BCUT2D eigenvalue weighted by Crippen LogP contribution is 2.49. The van der Waals surface area contributed by atoms with Crippen molar-refractivity contribution in [2.24, 2.45) is 11.8 Å². The molecule has 0 amide bonds. The Labute approximate surface area is 149 Å². The molecule has 2 aromatic rings. The number of rotatable bonds is 3. The van der Waals surface area contributed by atoms with Crippen molar-refractivity contribution < 1.29 is 0 Å². The smallest absolute Gasteiger partial charge is 0.0345 e. The van der Waals surface area contributed by atoms with Crippen LogP contribution in [0.3, 0.4) is 0 Å². The van der Waals surface area contributed by atoms with Gasteiger partial charge in [-0.05, 0) is 98.1 Å². The van der Waals surface area contributed by atoms with Gasteiger partial charge in [-0.25, -0.2) is 0 Å². The van der Waals surface area contributed by atoms with E-state index in [-0.39, 0.29) is 12.4 Å². The number of likely N-dealkylation sites (N-methyl/N-ethyl adjacent to an activating group) is 1. The third kappa shape index (κ3) is 3.09. The normalized spacial score (nSPS) is 23.7. The van der Waals surface area contributed by atoms with E-state index in [0.29, 0.717) is 0 Å². The van der Waals surface area contributed by atoms with Gasteiger partial charge >= 0.3 is 0 Å². The Morgan fingerprint density at radius 2 is 2.04 bits per heavy atom. The van der Waals surface area contributed by atoms with E-state index in [1.165, 1.54) is 46.9 Å². The molecule has 4 rings (SSSR count). The maximum Gasteiger partial charge on any atom is 0.0345 e. The van der Waals surface area contributed by atoms with Crippen molar-refractivity contribution in [3.8, 4) is 0 Å². The van der Waals surface area contributed by atoms with Crippen molar-refractivity contribution in [1.82, 2.24) is 4.90 Å². The van der Waals surface area contributed by atoms with Crippen molar-refractivity contribution in [2.45, 2.75) is 32.6 Å². The molecule has 0 unspecified atom stereocenters. The lowest BCUT2D eigenvalue weighted by molar-refractivity contribution is 0.413. The zero-order valence-corrected chi connectivity index (χ0v) is 15.9. The Morgan fingerprint density at radius 3 is 2.83 bits per heavy atom. The summed E-state index contributed by atoms with van der Waals surface area (Å²) in [6, 6.07) is 7.18. The van der Waals surface area contributed by atoms with Crippen LogP contribution in [0, 0.1) is 18.8 Å². The fourth-order valence-corrected chi connectivity index (χ4v) is 5.49. The van der Waals surface area contributed by atoms with Gasteiger partial charge in [0.2, 0.25) is 0 Å². The fraction of sp³-hybridized carbons (Fsp3) is 0.500. The summed E-state index contributed by atoms with van der Waals surface area (Å²) in [6.07, 6.45) is 5.58. The molecular weight excluding hydrogens is 322 g/mol. The van der Waals surface area contributed by atoms with Gasteiger partial charge in [-0.2, -0.15) is 0 Å². The molecule has 2 bridgehead atoms. The minimum absolute atomic E-state index is 0. The third-order valence-electron chi connectivity index (χ3n) is 5.45. The Bertz CT molecular complexity index is 743. The van der Waals surface area contributed by atoms with Gasteiger partial charge in [-0.3, -0.25) is 0 Å². The first-order chi connectivity index (χ1) is 10.6. The van der Waals surface area contributed by atoms with Crippen LogP contribution in [0.25, 0.3) is 15.7 Å². The maximum atomic E-state index is 2.46.